The summed E-state index contributed by atoms with van der Waals surface area (Å²) in [5.74, 6) is 0.613. The highest BCUT2D eigenvalue weighted by Crippen LogP contribution is 2.17. The van der Waals surface area contributed by atoms with Gasteiger partial charge in [0.05, 0.1) is 25.8 Å². The van der Waals surface area contributed by atoms with Crippen LogP contribution in [0.3, 0.4) is 0 Å². The van der Waals surface area contributed by atoms with Crippen LogP contribution in [-0.4, -0.2) is 18.2 Å². The third-order valence-electron chi connectivity index (χ3n) is 2.54. The summed E-state index contributed by atoms with van der Waals surface area (Å²) in [5.41, 5.74) is 0.883. The number of hydrogen-bond donors (Lipinski definition) is 1. The number of nitrogens with zero attached hydrogens (tertiary/aromatic N) is 1. The van der Waals surface area contributed by atoms with E-state index < -0.39 is 0 Å². The van der Waals surface area contributed by atoms with E-state index in [-0.39, 0.29) is 5.97 Å². The van der Waals surface area contributed by atoms with Crippen LogP contribution in [0.25, 0.3) is 0 Å². The Bertz CT molecular complexity index is 548. The van der Waals surface area contributed by atoms with Crippen molar-refractivity contribution in [3.8, 4) is 0 Å². The molecule has 0 aliphatic rings. The van der Waals surface area contributed by atoms with Gasteiger partial charge in [0.2, 0.25) is 0 Å². The van der Waals surface area contributed by atoms with Crippen molar-refractivity contribution in [1.82, 2.24) is 10.5 Å². The van der Waals surface area contributed by atoms with Gasteiger partial charge in [-0.05, 0) is 19.1 Å². The first-order chi connectivity index (χ1) is 9.17. The number of methoxy groups -OCH3 is 1. The number of nitrogens with one attached hydrogen (secondary N) is 1. The maximum atomic E-state index is 11.1. The summed E-state index contributed by atoms with van der Waals surface area (Å²) in [6, 6.07) is 5.88. The molecule has 2 rings (SSSR count). The summed E-state index contributed by atoms with van der Waals surface area (Å²) < 4.78 is 9.74. The number of thiophene rings is 1. The lowest BCUT2D eigenvalue weighted by molar-refractivity contribution is -0.139. The third kappa shape index (κ3) is 4.18. The van der Waals surface area contributed by atoms with Crippen LogP contribution in [0.5, 0.6) is 0 Å². The minimum Gasteiger partial charge on any atom is -0.469 e. The fourth-order valence-electron chi connectivity index (χ4n) is 1.64. The van der Waals surface area contributed by atoms with Crippen LogP contribution in [-0.2, 0) is 29.0 Å². The van der Waals surface area contributed by atoms with E-state index >= 15 is 0 Å². The molecular weight excluding hydrogens is 264 g/mol. The van der Waals surface area contributed by atoms with E-state index in [4.69, 9.17) is 4.52 Å². The monoisotopic (exact) mass is 280 g/mol. The summed E-state index contributed by atoms with van der Waals surface area (Å²) in [5, 5.41) is 7.10. The SMILES string of the molecule is COC(=O)Cc1ccc(CNCc2cc(C)no2)s1. The van der Waals surface area contributed by atoms with E-state index in [0.717, 1.165) is 22.9 Å². The Morgan fingerprint density at radius 3 is 2.89 bits per heavy atom. The lowest BCUT2D eigenvalue weighted by Gasteiger charge is -1.99. The highest BCUT2D eigenvalue weighted by Gasteiger charge is 2.06. The Morgan fingerprint density at radius 1 is 1.42 bits per heavy atom. The van der Waals surface area contributed by atoms with Gasteiger partial charge in [0, 0.05) is 22.4 Å². The van der Waals surface area contributed by atoms with Gasteiger partial charge in [-0.25, -0.2) is 0 Å². The van der Waals surface area contributed by atoms with Crippen LogP contribution < -0.4 is 5.32 Å². The Balaban J connectivity index is 1.78. The highest BCUT2D eigenvalue weighted by molar-refractivity contribution is 7.12. The van der Waals surface area contributed by atoms with Crippen LogP contribution in [0.4, 0.5) is 0 Å². The number of rotatable bonds is 6. The predicted octanol–water partition coefficient (Wildman–Crippen LogP) is 2.05. The normalized spacial score (nSPS) is 10.6. The molecule has 0 atom stereocenters. The fraction of sp³-hybridized carbons (Fsp3) is 0.385. The molecule has 0 amide bonds. The van der Waals surface area contributed by atoms with Gasteiger partial charge in [-0.1, -0.05) is 5.16 Å². The second-order valence-electron chi connectivity index (χ2n) is 4.16. The zero-order chi connectivity index (χ0) is 13.7. The molecule has 1 N–H and O–H groups in total. The first-order valence-corrected chi connectivity index (χ1v) is 6.76. The molecule has 2 aromatic rings. The predicted molar refractivity (Wildman–Crippen MR) is 71.8 cm³/mol. The second-order valence-corrected chi connectivity index (χ2v) is 5.41. The van der Waals surface area contributed by atoms with Crippen molar-refractivity contribution in [1.29, 1.82) is 0 Å². The molecule has 19 heavy (non-hydrogen) atoms. The van der Waals surface area contributed by atoms with Crippen molar-refractivity contribution in [2.45, 2.75) is 26.4 Å². The number of carbonyl (C=O) groups excluding carboxylic acids is 1. The van der Waals surface area contributed by atoms with E-state index in [2.05, 4.69) is 15.2 Å². The minimum absolute atomic E-state index is 0.210. The standard InChI is InChI=1S/C13H16N2O3S/c1-9-5-10(18-15-9)7-14-8-12-4-3-11(19-12)6-13(16)17-2/h3-5,14H,6-8H2,1-2H3. The van der Waals surface area contributed by atoms with Crippen LogP contribution >= 0.6 is 11.3 Å². The van der Waals surface area contributed by atoms with Crippen LogP contribution in [0, 0.1) is 6.92 Å². The van der Waals surface area contributed by atoms with Crippen molar-refractivity contribution in [2.24, 2.45) is 0 Å². The highest BCUT2D eigenvalue weighted by atomic mass is 32.1. The minimum atomic E-state index is -0.210. The molecule has 0 unspecified atom stereocenters. The molecule has 2 aromatic heterocycles. The van der Waals surface area contributed by atoms with Gasteiger partial charge in [0.15, 0.2) is 5.76 Å². The fourth-order valence-corrected chi connectivity index (χ4v) is 2.61. The second kappa shape index (κ2) is 6.49. The average Bonchev–Trinajstić information content (AvgIpc) is 2.99. The maximum Gasteiger partial charge on any atom is 0.310 e. The molecule has 0 radical (unpaired) electrons. The van der Waals surface area contributed by atoms with Gasteiger partial charge in [-0.2, -0.15) is 0 Å². The number of ether oxygens (including phenoxy) is 1. The first kappa shape index (κ1) is 13.8. The third-order valence-corrected chi connectivity index (χ3v) is 3.62. The van der Waals surface area contributed by atoms with Gasteiger partial charge in [0.25, 0.3) is 0 Å². The van der Waals surface area contributed by atoms with Crippen molar-refractivity contribution >= 4 is 17.3 Å². The number of aryl methyl sites for hydroxylation is 1. The van der Waals surface area contributed by atoms with E-state index in [9.17, 15) is 4.79 Å². The molecule has 0 saturated carbocycles. The molecule has 0 saturated heterocycles. The number of hydrogen-bond acceptors (Lipinski definition) is 6. The zero-order valence-corrected chi connectivity index (χ0v) is 11.8. The molecule has 6 heteroatoms. The van der Waals surface area contributed by atoms with Gasteiger partial charge < -0.3 is 14.6 Å². The smallest absolute Gasteiger partial charge is 0.310 e. The molecule has 0 spiro atoms. The Hall–Kier alpha value is -1.66. The molecule has 0 aliphatic heterocycles. The number of esters is 1. The van der Waals surface area contributed by atoms with Crippen molar-refractivity contribution in [2.75, 3.05) is 7.11 Å². The van der Waals surface area contributed by atoms with E-state index in [0.29, 0.717) is 13.0 Å². The summed E-state index contributed by atoms with van der Waals surface area (Å²) in [6.45, 7) is 3.28. The molecule has 5 nitrogen and oxygen atoms in total. The quantitative estimate of drug-likeness (QED) is 0.820. The Kier molecular flexibility index (Phi) is 4.70. The molecular formula is C13H16N2O3S. The number of carbonyl (C=O) groups is 1. The van der Waals surface area contributed by atoms with E-state index in [1.807, 2.05) is 25.1 Å². The van der Waals surface area contributed by atoms with Crippen molar-refractivity contribution in [3.05, 3.63) is 39.4 Å². The Morgan fingerprint density at radius 2 is 2.21 bits per heavy atom. The summed E-state index contributed by atoms with van der Waals surface area (Å²) in [7, 11) is 1.40. The average molecular weight is 280 g/mol. The lowest BCUT2D eigenvalue weighted by Crippen LogP contribution is -2.11. The molecule has 0 aromatic carbocycles. The van der Waals surface area contributed by atoms with Crippen LogP contribution in [0.15, 0.2) is 22.7 Å². The van der Waals surface area contributed by atoms with Gasteiger partial charge >= 0.3 is 5.97 Å². The van der Waals surface area contributed by atoms with E-state index in [1.165, 1.54) is 12.0 Å². The van der Waals surface area contributed by atoms with Crippen LogP contribution in [0.2, 0.25) is 0 Å². The van der Waals surface area contributed by atoms with E-state index in [1.54, 1.807) is 11.3 Å². The van der Waals surface area contributed by atoms with Gasteiger partial charge in [-0.3, -0.25) is 4.79 Å². The first-order valence-electron chi connectivity index (χ1n) is 5.94. The molecule has 102 valence electrons. The molecule has 0 bridgehead atoms. The number of aromatic nitrogens is 1. The lowest BCUT2D eigenvalue weighted by atomic mass is 10.3. The molecule has 2 heterocycles. The summed E-state index contributed by atoms with van der Waals surface area (Å²) in [4.78, 5) is 13.3. The van der Waals surface area contributed by atoms with Gasteiger partial charge in [0.1, 0.15) is 0 Å². The van der Waals surface area contributed by atoms with Crippen LogP contribution in [0.1, 0.15) is 21.2 Å². The largest absolute Gasteiger partial charge is 0.469 e. The van der Waals surface area contributed by atoms with Gasteiger partial charge in [-0.15, -0.1) is 11.3 Å². The summed E-state index contributed by atoms with van der Waals surface area (Å²) in [6.07, 6.45) is 0.336. The zero-order valence-electron chi connectivity index (χ0n) is 10.9. The van der Waals surface area contributed by atoms with Crippen molar-refractivity contribution in [3.63, 3.8) is 0 Å². The Labute approximate surface area is 115 Å². The maximum absolute atomic E-state index is 11.1. The molecule has 0 fully saturated rings. The summed E-state index contributed by atoms with van der Waals surface area (Å²) >= 11 is 1.61. The molecule has 0 aliphatic carbocycles. The van der Waals surface area contributed by atoms with Crippen molar-refractivity contribution < 1.29 is 14.1 Å². The topological polar surface area (TPSA) is 64.4 Å².